The van der Waals surface area contributed by atoms with Crippen LogP contribution in [0, 0.1) is 5.92 Å². The third-order valence-electron chi connectivity index (χ3n) is 3.69. The van der Waals surface area contributed by atoms with Crippen LogP contribution in [0.15, 0.2) is 0 Å². The zero-order valence-corrected chi connectivity index (χ0v) is 9.38. The maximum Gasteiger partial charge on any atom is 0.115 e. The van der Waals surface area contributed by atoms with Gasteiger partial charge in [0.05, 0.1) is 0 Å². The normalized spacial score (nSPS) is 34.2. The minimum Gasteiger partial charge on any atom is -0.381 e. The summed E-state index contributed by atoms with van der Waals surface area (Å²) in [7, 11) is 0. The summed E-state index contributed by atoms with van der Waals surface area (Å²) >= 11 is 0. The molecule has 1 aliphatic heterocycles. The van der Waals surface area contributed by atoms with Crippen LogP contribution in [-0.2, 0) is 4.74 Å². The summed E-state index contributed by atoms with van der Waals surface area (Å²) < 4.78 is 18.8. The zero-order valence-electron chi connectivity index (χ0n) is 9.38. The van der Waals surface area contributed by atoms with Crippen molar-refractivity contribution in [3.63, 3.8) is 0 Å². The van der Waals surface area contributed by atoms with Gasteiger partial charge >= 0.3 is 0 Å². The van der Waals surface area contributed by atoms with Gasteiger partial charge in [-0.2, -0.15) is 0 Å². The van der Waals surface area contributed by atoms with Crippen LogP contribution < -0.4 is 5.32 Å². The van der Waals surface area contributed by atoms with E-state index in [-0.39, 0.29) is 6.04 Å². The molecule has 2 nitrogen and oxygen atoms in total. The second-order valence-electron chi connectivity index (χ2n) is 4.87. The van der Waals surface area contributed by atoms with Crippen LogP contribution in [-0.4, -0.2) is 32.0 Å². The molecule has 2 atom stereocenters. The second-order valence-corrected chi connectivity index (χ2v) is 4.87. The first-order valence-electron chi connectivity index (χ1n) is 6.31. The largest absolute Gasteiger partial charge is 0.381 e. The Morgan fingerprint density at radius 2 is 1.80 bits per heavy atom. The molecule has 0 spiro atoms. The highest BCUT2D eigenvalue weighted by Crippen LogP contribution is 2.22. The molecule has 0 aromatic rings. The van der Waals surface area contributed by atoms with E-state index in [1.165, 1.54) is 6.42 Å². The van der Waals surface area contributed by atoms with E-state index >= 15 is 0 Å². The van der Waals surface area contributed by atoms with Crippen LogP contribution in [0.5, 0.6) is 0 Å². The van der Waals surface area contributed by atoms with Gasteiger partial charge in [0.15, 0.2) is 0 Å². The Labute approximate surface area is 91.6 Å². The number of halogens is 1. The Kier molecular flexibility index (Phi) is 4.39. The number of nitrogens with one attached hydrogen (secondary N) is 1. The van der Waals surface area contributed by atoms with Gasteiger partial charge in [0.1, 0.15) is 6.17 Å². The van der Waals surface area contributed by atoms with Gasteiger partial charge in [-0.25, -0.2) is 4.39 Å². The number of rotatable bonds is 3. The molecule has 1 aliphatic carbocycles. The van der Waals surface area contributed by atoms with E-state index in [0.717, 1.165) is 51.9 Å². The van der Waals surface area contributed by atoms with Crippen LogP contribution in [0.25, 0.3) is 0 Å². The highest BCUT2D eigenvalue weighted by Gasteiger charge is 2.25. The Bertz CT molecular complexity index is 182. The lowest BCUT2D eigenvalue weighted by Gasteiger charge is -2.30. The first-order chi connectivity index (χ1) is 7.36. The number of alkyl halides is 1. The zero-order chi connectivity index (χ0) is 10.5. The average molecular weight is 215 g/mol. The highest BCUT2D eigenvalue weighted by molar-refractivity contribution is 4.81. The molecular formula is C12H22FNO. The standard InChI is InChI=1S/C12H22FNO/c13-11-3-1-2-4-12(11)14-9-10-5-7-15-8-6-10/h10-12,14H,1-9H2/t11-,12-/m1/s1. The van der Waals surface area contributed by atoms with Gasteiger partial charge in [0.25, 0.3) is 0 Å². The molecule has 0 radical (unpaired) electrons. The lowest BCUT2D eigenvalue weighted by molar-refractivity contribution is 0.0630. The summed E-state index contributed by atoms with van der Waals surface area (Å²) in [6.45, 7) is 2.75. The fourth-order valence-corrected chi connectivity index (χ4v) is 2.58. The summed E-state index contributed by atoms with van der Waals surface area (Å²) in [5.74, 6) is 0.702. The molecule has 1 heterocycles. The SMILES string of the molecule is F[C@@H]1CCCC[C@H]1NCC1CCOCC1. The van der Waals surface area contributed by atoms with Gasteiger partial charge in [-0.05, 0) is 38.1 Å². The van der Waals surface area contributed by atoms with Crippen molar-refractivity contribution in [1.29, 1.82) is 0 Å². The van der Waals surface area contributed by atoms with E-state index in [0.29, 0.717) is 5.92 Å². The van der Waals surface area contributed by atoms with E-state index < -0.39 is 6.17 Å². The van der Waals surface area contributed by atoms with E-state index in [1.54, 1.807) is 0 Å². The smallest absolute Gasteiger partial charge is 0.115 e. The fourth-order valence-electron chi connectivity index (χ4n) is 2.58. The van der Waals surface area contributed by atoms with Crippen LogP contribution in [0.1, 0.15) is 38.5 Å². The highest BCUT2D eigenvalue weighted by atomic mass is 19.1. The lowest BCUT2D eigenvalue weighted by atomic mass is 9.92. The molecule has 1 saturated heterocycles. The average Bonchev–Trinajstić information content (AvgIpc) is 2.29. The maximum absolute atomic E-state index is 13.5. The van der Waals surface area contributed by atoms with Crippen LogP contribution in [0.2, 0.25) is 0 Å². The van der Waals surface area contributed by atoms with E-state index in [2.05, 4.69) is 5.32 Å². The molecule has 15 heavy (non-hydrogen) atoms. The second kappa shape index (κ2) is 5.80. The Morgan fingerprint density at radius 1 is 1.07 bits per heavy atom. The molecule has 0 unspecified atom stereocenters. The Balaban J connectivity index is 1.67. The van der Waals surface area contributed by atoms with E-state index in [9.17, 15) is 4.39 Å². The van der Waals surface area contributed by atoms with Crippen molar-refractivity contribution in [3.8, 4) is 0 Å². The van der Waals surface area contributed by atoms with Gasteiger partial charge in [-0.15, -0.1) is 0 Å². The molecule has 88 valence electrons. The molecule has 1 saturated carbocycles. The Hall–Kier alpha value is -0.150. The van der Waals surface area contributed by atoms with Crippen molar-refractivity contribution in [1.82, 2.24) is 5.32 Å². The van der Waals surface area contributed by atoms with Gasteiger partial charge < -0.3 is 10.1 Å². The van der Waals surface area contributed by atoms with Crippen molar-refractivity contribution < 1.29 is 9.13 Å². The number of hydrogen-bond acceptors (Lipinski definition) is 2. The number of hydrogen-bond donors (Lipinski definition) is 1. The third-order valence-corrected chi connectivity index (χ3v) is 3.69. The van der Waals surface area contributed by atoms with Crippen LogP contribution in [0.3, 0.4) is 0 Å². The summed E-state index contributed by atoms with van der Waals surface area (Å²) in [6, 6.07) is 0.126. The minimum absolute atomic E-state index is 0.126. The van der Waals surface area contributed by atoms with Crippen LogP contribution in [0.4, 0.5) is 4.39 Å². The summed E-state index contributed by atoms with van der Waals surface area (Å²) in [4.78, 5) is 0. The van der Waals surface area contributed by atoms with Gasteiger partial charge in [-0.1, -0.05) is 12.8 Å². The quantitative estimate of drug-likeness (QED) is 0.780. The predicted molar refractivity (Wildman–Crippen MR) is 58.7 cm³/mol. The van der Waals surface area contributed by atoms with Gasteiger partial charge in [0, 0.05) is 19.3 Å². The van der Waals surface area contributed by atoms with Crippen molar-refractivity contribution in [2.45, 2.75) is 50.7 Å². The first kappa shape index (κ1) is 11.3. The molecule has 0 amide bonds. The number of ether oxygens (including phenoxy) is 1. The predicted octanol–water partition coefficient (Wildman–Crippen LogP) is 2.28. The molecule has 2 fully saturated rings. The summed E-state index contributed by atoms with van der Waals surface area (Å²) in [5, 5.41) is 3.41. The third kappa shape index (κ3) is 3.42. The van der Waals surface area contributed by atoms with Gasteiger partial charge in [0.2, 0.25) is 0 Å². The molecule has 1 N–H and O–H groups in total. The van der Waals surface area contributed by atoms with E-state index in [4.69, 9.17) is 4.74 Å². The first-order valence-corrected chi connectivity index (χ1v) is 6.31. The molecule has 3 heteroatoms. The summed E-state index contributed by atoms with van der Waals surface area (Å²) in [6.07, 6.45) is 5.68. The monoisotopic (exact) mass is 215 g/mol. The van der Waals surface area contributed by atoms with Gasteiger partial charge in [-0.3, -0.25) is 0 Å². The molecule has 0 bridgehead atoms. The Morgan fingerprint density at radius 3 is 2.53 bits per heavy atom. The topological polar surface area (TPSA) is 21.3 Å². The fraction of sp³-hybridized carbons (Fsp3) is 1.00. The molecule has 0 aromatic carbocycles. The van der Waals surface area contributed by atoms with Crippen molar-refractivity contribution in [2.75, 3.05) is 19.8 Å². The van der Waals surface area contributed by atoms with Crippen molar-refractivity contribution in [2.24, 2.45) is 5.92 Å². The molecule has 2 rings (SSSR count). The van der Waals surface area contributed by atoms with Crippen LogP contribution >= 0.6 is 0 Å². The maximum atomic E-state index is 13.5. The molecule has 2 aliphatic rings. The lowest BCUT2D eigenvalue weighted by Crippen LogP contribution is -2.42. The molecule has 0 aromatic heterocycles. The molecular weight excluding hydrogens is 193 g/mol. The van der Waals surface area contributed by atoms with Crippen molar-refractivity contribution in [3.05, 3.63) is 0 Å². The summed E-state index contributed by atoms with van der Waals surface area (Å²) in [5.41, 5.74) is 0. The van der Waals surface area contributed by atoms with Crippen molar-refractivity contribution >= 4 is 0 Å². The minimum atomic E-state index is -0.612. The van der Waals surface area contributed by atoms with E-state index in [1.807, 2.05) is 0 Å².